The van der Waals surface area contributed by atoms with Gasteiger partial charge in [0.15, 0.2) is 0 Å². The summed E-state index contributed by atoms with van der Waals surface area (Å²) in [4.78, 5) is 0. The fraction of sp³-hybridized carbons (Fsp3) is 0.200. The van der Waals surface area contributed by atoms with E-state index in [0.717, 1.165) is 15.8 Å². The molecule has 0 saturated carbocycles. The maximum Gasteiger partial charge on any atom is 0.119 e. The van der Waals surface area contributed by atoms with E-state index < -0.39 is 6.10 Å². The highest BCUT2D eigenvalue weighted by molar-refractivity contribution is 9.10. The third-order valence-electron chi connectivity index (χ3n) is 2.85. The van der Waals surface area contributed by atoms with Gasteiger partial charge in [0.1, 0.15) is 11.9 Å². The smallest absolute Gasteiger partial charge is 0.119 e. The van der Waals surface area contributed by atoms with Gasteiger partial charge >= 0.3 is 0 Å². The number of aliphatic hydroxyl groups excluding tert-OH is 1. The lowest BCUT2D eigenvalue weighted by molar-refractivity contribution is 0.221. The second-order valence-electron chi connectivity index (χ2n) is 4.18. The maximum absolute atomic E-state index is 10.4. The monoisotopic (exact) mass is 321 g/mol. The van der Waals surface area contributed by atoms with E-state index in [1.807, 2.05) is 43.3 Å². The van der Waals surface area contributed by atoms with Crippen molar-refractivity contribution in [3.8, 4) is 5.75 Å². The molecule has 2 rings (SSSR count). The van der Waals surface area contributed by atoms with Crippen molar-refractivity contribution in [1.82, 2.24) is 0 Å². The molecule has 0 aliphatic carbocycles. The van der Waals surface area contributed by atoms with Gasteiger partial charge in [-0.3, -0.25) is 0 Å². The zero-order valence-corrected chi connectivity index (χ0v) is 12.2. The normalized spacial score (nSPS) is 12.2. The molecule has 4 heteroatoms. The first kappa shape index (κ1) is 13.9. The molecular weight excluding hydrogens is 306 g/mol. The number of nitrogen functional groups attached to an aromatic ring is 1. The van der Waals surface area contributed by atoms with E-state index in [4.69, 9.17) is 10.5 Å². The molecule has 0 saturated heterocycles. The van der Waals surface area contributed by atoms with Gasteiger partial charge in [-0.25, -0.2) is 0 Å². The molecule has 0 heterocycles. The van der Waals surface area contributed by atoms with Gasteiger partial charge in [-0.15, -0.1) is 0 Å². The standard InChI is InChI=1S/C15H16BrNO2/c1-2-19-12-6-3-10(4-7-12)15(18)13-9-11(16)5-8-14(13)17/h3-9,15,18H,2,17H2,1H3. The molecule has 3 nitrogen and oxygen atoms in total. The van der Waals surface area contributed by atoms with Gasteiger partial charge in [0.2, 0.25) is 0 Å². The van der Waals surface area contributed by atoms with E-state index in [1.165, 1.54) is 0 Å². The molecule has 0 bridgehead atoms. The predicted molar refractivity (Wildman–Crippen MR) is 80.2 cm³/mol. The van der Waals surface area contributed by atoms with Crippen LogP contribution in [0.25, 0.3) is 0 Å². The van der Waals surface area contributed by atoms with Crippen LogP contribution in [0.3, 0.4) is 0 Å². The molecular formula is C15H16BrNO2. The summed E-state index contributed by atoms with van der Waals surface area (Å²) in [5.74, 6) is 0.792. The van der Waals surface area contributed by atoms with Crippen LogP contribution in [0.1, 0.15) is 24.2 Å². The molecule has 100 valence electrons. The van der Waals surface area contributed by atoms with Gasteiger partial charge in [0.25, 0.3) is 0 Å². The number of hydrogen-bond donors (Lipinski definition) is 2. The summed E-state index contributed by atoms with van der Waals surface area (Å²) in [6.45, 7) is 2.56. The second kappa shape index (κ2) is 6.08. The molecule has 1 atom stereocenters. The Labute approximate surface area is 121 Å². The van der Waals surface area contributed by atoms with Gasteiger partial charge in [-0.2, -0.15) is 0 Å². The van der Waals surface area contributed by atoms with Crippen LogP contribution in [0, 0.1) is 0 Å². The molecule has 2 aromatic carbocycles. The summed E-state index contributed by atoms with van der Waals surface area (Å²) < 4.78 is 6.27. The summed E-state index contributed by atoms with van der Waals surface area (Å²) in [6.07, 6.45) is -0.742. The number of hydrogen-bond acceptors (Lipinski definition) is 3. The molecule has 0 fully saturated rings. The van der Waals surface area contributed by atoms with Crippen LogP contribution in [0.2, 0.25) is 0 Å². The SMILES string of the molecule is CCOc1ccc(C(O)c2cc(Br)ccc2N)cc1. The Kier molecular flexibility index (Phi) is 4.45. The van der Waals surface area contributed by atoms with Crippen molar-refractivity contribution < 1.29 is 9.84 Å². The highest BCUT2D eigenvalue weighted by Gasteiger charge is 2.14. The van der Waals surface area contributed by atoms with Crippen LogP contribution in [0.4, 0.5) is 5.69 Å². The topological polar surface area (TPSA) is 55.5 Å². The molecule has 0 amide bonds. The van der Waals surface area contributed by atoms with Crippen molar-refractivity contribution in [2.75, 3.05) is 12.3 Å². The quantitative estimate of drug-likeness (QED) is 0.847. The Morgan fingerprint density at radius 3 is 2.53 bits per heavy atom. The molecule has 0 aromatic heterocycles. The maximum atomic E-state index is 10.4. The molecule has 3 N–H and O–H groups in total. The minimum Gasteiger partial charge on any atom is -0.494 e. The molecule has 0 aliphatic heterocycles. The Morgan fingerprint density at radius 2 is 1.89 bits per heavy atom. The first-order valence-electron chi connectivity index (χ1n) is 6.07. The average molecular weight is 322 g/mol. The zero-order valence-electron chi connectivity index (χ0n) is 10.6. The zero-order chi connectivity index (χ0) is 13.8. The van der Waals surface area contributed by atoms with Crippen LogP contribution in [0.15, 0.2) is 46.9 Å². The number of ether oxygens (including phenoxy) is 1. The number of benzene rings is 2. The Hall–Kier alpha value is -1.52. The third-order valence-corrected chi connectivity index (χ3v) is 3.34. The van der Waals surface area contributed by atoms with E-state index in [-0.39, 0.29) is 0 Å². The van der Waals surface area contributed by atoms with Crippen molar-refractivity contribution in [3.05, 3.63) is 58.1 Å². The number of halogens is 1. The summed E-state index contributed by atoms with van der Waals surface area (Å²) in [7, 11) is 0. The first-order valence-corrected chi connectivity index (χ1v) is 6.87. The minimum absolute atomic E-state index is 0.574. The number of nitrogens with two attached hydrogens (primary N) is 1. The fourth-order valence-electron chi connectivity index (χ4n) is 1.87. The van der Waals surface area contributed by atoms with Gasteiger partial charge in [-0.05, 0) is 42.8 Å². The second-order valence-corrected chi connectivity index (χ2v) is 5.09. The number of aliphatic hydroxyl groups is 1. The van der Waals surface area contributed by atoms with Crippen molar-refractivity contribution in [2.45, 2.75) is 13.0 Å². The van der Waals surface area contributed by atoms with Gasteiger partial charge < -0.3 is 15.6 Å². The van der Waals surface area contributed by atoms with Crippen molar-refractivity contribution in [3.63, 3.8) is 0 Å². The summed E-state index contributed by atoms with van der Waals surface area (Å²) in [6, 6.07) is 12.8. The Balaban J connectivity index is 2.27. The Morgan fingerprint density at radius 1 is 1.21 bits per heavy atom. The lowest BCUT2D eigenvalue weighted by Gasteiger charge is -2.15. The fourth-order valence-corrected chi connectivity index (χ4v) is 2.25. The largest absolute Gasteiger partial charge is 0.494 e. The van der Waals surface area contributed by atoms with Crippen molar-refractivity contribution in [2.24, 2.45) is 0 Å². The third kappa shape index (κ3) is 3.28. The summed E-state index contributed by atoms with van der Waals surface area (Å²) in [5, 5.41) is 10.4. The van der Waals surface area contributed by atoms with Crippen LogP contribution in [-0.2, 0) is 0 Å². The van der Waals surface area contributed by atoms with Crippen molar-refractivity contribution >= 4 is 21.6 Å². The van der Waals surface area contributed by atoms with Gasteiger partial charge in [0.05, 0.1) is 6.61 Å². The van der Waals surface area contributed by atoms with Crippen LogP contribution in [-0.4, -0.2) is 11.7 Å². The summed E-state index contributed by atoms with van der Waals surface area (Å²) in [5.41, 5.74) is 7.95. The highest BCUT2D eigenvalue weighted by Crippen LogP contribution is 2.30. The van der Waals surface area contributed by atoms with Crippen LogP contribution in [0.5, 0.6) is 5.75 Å². The average Bonchev–Trinajstić information content (AvgIpc) is 2.42. The van der Waals surface area contributed by atoms with Crippen LogP contribution < -0.4 is 10.5 Å². The predicted octanol–water partition coefficient (Wildman–Crippen LogP) is 3.51. The Bertz CT molecular complexity index is 555. The first-order chi connectivity index (χ1) is 9.11. The van der Waals surface area contributed by atoms with Gasteiger partial charge in [-0.1, -0.05) is 28.1 Å². The van der Waals surface area contributed by atoms with E-state index in [0.29, 0.717) is 17.9 Å². The van der Waals surface area contributed by atoms with Crippen LogP contribution >= 0.6 is 15.9 Å². The highest BCUT2D eigenvalue weighted by atomic mass is 79.9. The number of anilines is 1. The van der Waals surface area contributed by atoms with Gasteiger partial charge in [0, 0.05) is 15.7 Å². The molecule has 19 heavy (non-hydrogen) atoms. The molecule has 1 unspecified atom stereocenters. The molecule has 0 spiro atoms. The summed E-state index contributed by atoms with van der Waals surface area (Å²) >= 11 is 3.38. The van der Waals surface area contributed by atoms with E-state index in [9.17, 15) is 5.11 Å². The van der Waals surface area contributed by atoms with E-state index in [2.05, 4.69) is 15.9 Å². The lowest BCUT2D eigenvalue weighted by Crippen LogP contribution is -2.04. The minimum atomic E-state index is -0.742. The number of rotatable bonds is 4. The molecule has 0 aliphatic rings. The van der Waals surface area contributed by atoms with Crippen molar-refractivity contribution in [1.29, 1.82) is 0 Å². The molecule has 0 radical (unpaired) electrons. The van der Waals surface area contributed by atoms with E-state index in [1.54, 1.807) is 6.07 Å². The lowest BCUT2D eigenvalue weighted by atomic mass is 10.00. The molecule has 2 aromatic rings. The van der Waals surface area contributed by atoms with E-state index >= 15 is 0 Å².